The number of fused-ring (bicyclic) bond motifs is 1. The average molecular weight is 557 g/mol. The number of H-pyrrole nitrogens is 2. The Morgan fingerprint density at radius 2 is 1.68 bits per heavy atom. The molecule has 2 aromatic heterocycles. The molecule has 6 N–H and O–H groups in total. The molecule has 2 aromatic carbocycles. The lowest BCUT2D eigenvalue weighted by molar-refractivity contribution is -0.130. The Morgan fingerprint density at radius 1 is 0.976 bits per heavy atom. The number of carbonyl (C=O) groups is 2. The molecule has 1 aliphatic rings. The molecule has 0 unspecified atom stereocenters. The molecule has 11 heteroatoms. The monoisotopic (exact) mass is 556 g/mol. The first-order valence-electron chi connectivity index (χ1n) is 13.9. The Bertz CT molecular complexity index is 1590. The minimum atomic E-state index is -0.970. The van der Waals surface area contributed by atoms with Crippen LogP contribution in [0.5, 0.6) is 0 Å². The van der Waals surface area contributed by atoms with Gasteiger partial charge in [0.1, 0.15) is 0 Å². The van der Waals surface area contributed by atoms with Gasteiger partial charge >= 0.3 is 5.69 Å². The standard InChI is InChI=1S/C30H36N8O3/c1-37(2)29-33-16-22(17-34-29)21-5-3-4-19(12-21)13-24(32)28(40)38(27(39)20-8-6-18(15-31)7-9-20)23-10-11-25-26(14-23)36-30(41)35-25/h3-5,10-12,14,16-18,20,24H,6-9,13,15,31-32H2,1-2H3,(H2,35,36,41)/t18?,20?,24-/m0/s1. The number of benzene rings is 2. The van der Waals surface area contributed by atoms with E-state index in [0.717, 1.165) is 29.5 Å². The van der Waals surface area contributed by atoms with Gasteiger partial charge in [-0.15, -0.1) is 0 Å². The molecule has 2 amide bonds. The topological polar surface area (TPSA) is 167 Å². The number of anilines is 2. The first kappa shape index (κ1) is 28.2. The number of hydrogen-bond donors (Lipinski definition) is 4. The Labute approximate surface area is 238 Å². The summed E-state index contributed by atoms with van der Waals surface area (Å²) in [7, 11) is 3.76. The predicted molar refractivity (Wildman–Crippen MR) is 159 cm³/mol. The molecule has 1 saturated carbocycles. The molecule has 5 rings (SSSR count). The number of rotatable bonds is 8. The van der Waals surface area contributed by atoms with E-state index in [-0.39, 0.29) is 23.9 Å². The van der Waals surface area contributed by atoms with Gasteiger partial charge in [0.15, 0.2) is 0 Å². The molecule has 4 aromatic rings. The maximum atomic E-state index is 13.9. The van der Waals surface area contributed by atoms with Gasteiger partial charge in [-0.25, -0.2) is 19.7 Å². The van der Waals surface area contributed by atoms with Gasteiger partial charge in [-0.3, -0.25) is 9.59 Å². The van der Waals surface area contributed by atoms with Gasteiger partial charge in [-0.2, -0.15) is 0 Å². The van der Waals surface area contributed by atoms with Crippen molar-refractivity contribution in [2.45, 2.75) is 38.1 Å². The average Bonchev–Trinajstić information content (AvgIpc) is 3.36. The van der Waals surface area contributed by atoms with E-state index >= 15 is 0 Å². The Balaban J connectivity index is 1.40. The van der Waals surface area contributed by atoms with E-state index in [4.69, 9.17) is 11.5 Å². The second-order valence-corrected chi connectivity index (χ2v) is 11.0. The van der Waals surface area contributed by atoms with Gasteiger partial charge in [0.05, 0.1) is 22.8 Å². The molecule has 41 heavy (non-hydrogen) atoms. The largest absolute Gasteiger partial charge is 0.347 e. The van der Waals surface area contributed by atoms with Crippen molar-refractivity contribution >= 4 is 34.5 Å². The molecule has 0 aliphatic heterocycles. The summed E-state index contributed by atoms with van der Waals surface area (Å²) in [5.74, 6) is -0.0603. The summed E-state index contributed by atoms with van der Waals surface area (Å²) in [6.45, 7) is 0.594. The molecule has 1 fully saturated rings. The van der Waals surface area contributed by atoms with E-state index < -0.39 is 11.9 Å². The Kier molecular flexibility index (Phi) is 8.27. The SMILES string of the molecule is CN(C)c1ncc(-c2cccc(C[C@H](N)C(=O)N(C(=O)C3CCC(CN)CC3)c3ccc4[nH]c(=O)[nH]c4c3)c2)cn1. The van der Waals surface area contributed by atoms with E-state index in [2.05, 4.69) is 19.9 Å². The Morgan fingerprint density at radius 3 is 2.37 bits per heavy atom. The third kappa shape index (κ3) is 6.21. The number of nitrogens with two attached hydrogens (primary N) is 2. The molecule has 11 nitrogen and oxygen atoms in total. The van der Waals surface area contributed by atoms with Crippen molar-refractivity contribution in [3.63, 3.8) is 0 Å². The number of nitrogens with one attached hydrogen (secondary N) is 2. The van der Waals surface area contributed by atoms with Gasteiger partial charge in [0.25, 0.3) is 5.91 Å². The van der Waals surface area contributed by atoms with Crippen molar-refractivity contribution in [1.29, 1.82) is 0 Å². The first-order valence-corrected chi connectivity index (χ1v) is 13.9. The van der Waals surface area contributed by atoms with Gasteiger partial charge in [0, 0.05) is 38.0 Å². The zero-order valence-corrected chi connectivity index (χ0v) is 23.3. The van der Waals surface area contributed by atoms with Crippen molar-refractivity contribution in [3.05, 3.63) is 70.9 Å². The fourth-order valence-electron chi connectivity index (χ4n) is 5.44. The summed E-state index contributed by atoms with van der Waals surface area (Å²) in [5.41, 5.74) is 16.1. The van der Waals surface area contributed by atoms with Crippen LogP contribution in [0.3, 0.4) is 0 Å². The second kappa shape index (κ2) is 12.0. The predicted octanol–water partition coefficient (Wildman–Crippen LogP) is 2.57. The van der Waals surface area contributed by atoms with Crippen LogP contribution in [0.25, 0.3) is 22.2 Å². The van der Waals surface area contributed by atoms with Crippen LogP contribution in [0, 0.1) is 11.8 Å². The van der Waals surface area contributed by atoms with Gasteiger partial charge in [-0.05, 0) is 73.9 Å². The second-order valence-electron chi connectivity index (χ2n) is 11.0. The molecule has 214 valence electrons. The van der Waals surface area contributed by atoms with Crippen LogP contribution < -0.4 is 27.0 Å². The maximum Gasteiger partial charge on any atom is 0.323 e. The minimum Gasteiger partial charge on any atom is -0.347 e. The number of aromatic amines is 2. The quantitative estimate of drug-likeness (QED) is 0.257. The summed E-state index contributed by atoms with van der Waals surface area (Å²) in [6, 6.07) is 11.7. The first-order chi connectivity index (χ1) is 19.7. The van der Waals surface area contributed by atoms with Gasteiger partial charge in [0.2, 0.25) is 11.9 Å². The summed E-state index contributed by atoms with van der Waals surface area (Å²) in [4.78, 5) is 56.8. The summed E-state index contributed by atoms with van der Waals surface area (Å²) in [5, 5.41) is 0. The number of carbonyl (C=O) groups excluding carboxylic acids is 2. The fraction of sp³-hybridized carbons (Fsp3) is 0.367. The van der Waals surface area contributed by atoms with Crippen molar-refractivity contribution in [2.75, 3.05) is 30.4 Å². The minimum absolute atomic E-state index is 0.232. The van der Waals surface area contributed by atoms with E-state index in [1.54, 1.807) is 30.6 Å². The lowest BCUT2D eigenvalue weighted by Crippen LogP contribution is -2.50. The summed E-state index contributed by atoms with van der Waals surface area (Å²) < 4.78 is 0. The highest BCUT2D eigenvalue weighted by molar-refractivity contribution is 6.17. The number of nitrogens with zero attached hydrogens (tertiary/aromatic N) is 4. The molecular formula is C30H36N8O3. The van der Waals surface area contributed by atoms with Crippen LogP contribution in [0.2, 0.25) is 0 Å². The van der Waals surface area contributed by atoms with Crippen molar-refractivity contribution in [2.24, 2.45) is 23.3 Å². The van der Waals surface area contributed by atoms with Crippen LogP contribution in [-0.2, 0) is 16.0 Å². The zero-order valence-electron chi connectivity index (χ0n) is 23.3. The van der Waals surface area contributed by atoms with Crippen LogP contribution in [-0.4, -0.2) is 58.4 Å². The molecule has 0 bridgehead atoms. The molecule has 1 atom stereocenters. The highest BCUT2D eigenvalue weighted by atomic mass is 16.2. The van der Waals surface area contributed by atoms with Gasteiger partial charge < -0.3 is 26.3 Å². The molecule has 0 radical (unpaired) electrons. The molecule has 0 spiro atoms. The fourth-order valence-corrected chi connectivity index (χ4v) is 5.44. The number of imidazole rings is 1. The van der Waals surface area contributed by atoms with E-state index in [1.807, 2.05) is 43.3 Å². The Hall–Kier alpha value is -4.35. The molecular weight excluding hydrogens is 520 g/mol. The lowest BCUT2D eigenvalue weighted by atomic mass is 9.81. The normalized spacial score (nSPS) is 17.8. The van der Waals surface area contributed by atoms with E-state index in [9.17, 15) is 14.4 Å². The van der Waals surface area contributed by atoms with Crippen LogP contribution in [0.4, 0.5) is 11.6 Å². The van der Waals surface area contributed by atoms with Crippen molar-refractivity contribution < 1.29 is 9.59 Å². The third-order valence-corrected chi connectivity index (χ3v) is 7.80. The number of hydrogen-bond acceptors (Lipinski definition) is 8. The molecule has 1 aliphatic carbocycles. The van der Waals surface area contributed by atoms with E-state index in [1.165, 1.54) is 4.90 Å². The number of imide groups is 1. The van der Waals surface area contributed by atoms with Crippen molar-refractivity contribution in [3.8, 4) is 11.1 Å². The van der Waals surface area contributed by atoms with E-state index in [0.29, 0.717) is 48.0 Å². The van der Waals surface area contributed by atoms with Crippen molar-refractivity contribution in [1.82, 2.24) is 19.9 Å². The number of aromatic nitrogens is 4. The van der Waals surface area contributed by atoms with Crippen LogP contribution >= 0.6 is 0 Å². The maximum absolute atomic E-state index is 13.9. The smallest absolute Gasteiger partial charge is 0.323 e. The zero-order chi connectivity index (χ0) is 29.1. The van der Waals surface area contributed by atoms with Crippen LogP contribution in [0.15, 0.2) is 59.7 Å². The summed E-state index contributed by atoms with van der Waals surface area (Å²) in [6.07, 6.45) is 6.77. The highest BCUT2D eigenvalue weighted by Crippen LogP contribution is 2.32. The summed E-state index contributed by atoms with van der Waals surface area (Å²) >= 11 is 0. The number of amides is 2. The third-order valence-electron chi connectivity index (χ3n) is 7.80. The molecule has 2 heterocycles. The lowest BCUT2D eigenvalue weighted by Gasteiger charge is -2.32. The van der Waals surface area contributed by atoms with Crippen LogP contribution in [0.1, 0.15) is 31.2 Å². The molecule has 0 saturated heterocycles. The highest BCUT2D eigenvalue weighted by Gasteiger charge is 2.35. The van der Waals surface area contributed by atoms with Gasteiger partial charge in [-0.1, -0.05) is 24.3 Å².